The van der Waals surface area contributed by atoms with Crippen molar-refractivity contribution in [3.8, 4) is 0 Å². The van der Waals surface area contributed by atoms with E-state index in [9.17, 15) is 4.79 Å². The molecule has 0 aliphatic carbocycles. The Bertz CT molecular complexity index is 136. The van der Waals surface area contributed by atoms with Gasteiger partial charge in [0, 0.05) is 6.42 Å². The highest BCUT2D eigenvalue weighted by molar-refractivity contribution is 8.00. The third-order valence-corrected chi connectivity index (χ3v) is 3.06. The molecule has 1 atom stereocenters. The highest BCUT2D eigenvalue weighted by Gasteiger charge is 2.25. The van der Waals surface area contributed by atoms with E-state index in [0.717, 1.165) is 12.2 Å². The number of hydrogen-bond acceptors (Lipinski definition) is 3. The number of thioether (sulfide) groups is 1. The number of ether oxygens (including phenoxy) is 1. The van der Waals surface area contributed by atoms with Crippen molar-refractivity contribution < 1.29 is 9.53 Å². The first-order valence-electron chi connectivity index (χ1n) is 4.13. The second-order valence-electron chi connectivity index (χ2n) is 2.67. The first-order valence-corrected chi connectivity index (χ1v) is 5.17. The van der Waals surface area contributed by atoms with Gasteiger partial charge in [-0.25, -0.2) is 0 Å². The number of carbonyl (C=O) groups is 1. The Kier molecular flexibility index (Phi) is 3.77. The van der Waals surface area contributed by atoms with E-state index in [1.54, 1.807) is 11.8 Å². The van der Waals surface area contributed by atoms with Gasteiger partial charge in [0.25, 0.3) is 0 Å². The second kappa shape index (κ2) is 4.65. The maximum absolute atomic E-state index is 10.9. The van der Waals surface area contributed by atoms with Gasteiger partial charge in [-0.2, -0.15) is 0 Å². The minimum atomic E-state index is -0.00824. The van der Waals surface area contributed by atoms with Gasteiger partial charge in [0.05, 0.1) is 6.61 Å². The van der Waals surface area contributed by atoms with Crippen LogP contribution in [-0.2, 0) is 9.53 Å². The molecule has 0 aromatic rings. The molecule has 1 unspecified atom stereocenters. The van der Waals surface area contributed by atoms with Crippen molar-refractivity contribution >= 4 is 17.7 Å². The normalized spacial score (nSPS) is 23.7. The minimum Gasteiger partial charge on any atom is -0.465 e. The maximum Gasteiger partial charge on any atom is 0.319 e. The SMILES string of the molecule is CCCCSC1CCOC1=O. The summed E-state index contributed by atoms with van der Waals surface area (Å²) in [6, 6.07) is 0. The fraction of sp³-hybridized carbons (Fsp3) is 0.875. The topological polar surface area (TPSA) is 26.3 Å². The molecular formula is C8H14O2S. The summed E-state index contributed by atoms with van der Waals surface area (Å²) in [4.78, 5) is 10.9. The molecule has 1 heterocycles. The first kappa shape index (κ1) is 8.91. The van der Waals surface area contributed by atoms with Crippen molar-refractivity contribution in [3.63, 3.8) is 0 Å². The van der Waals surface area contributed by atoms with Crippen LogP contribution in [0.5, 0.6) is 0 Å². The standard InChI is InChI=1S/C8H14O2S/c1-2-3-6-11-7-4-5-10-8(7)9/h7H,2-6H2,1H3. The molecule has 2 nitrogen and oxygen atoms in total. The quantitative estimate of drug-likeness (QED) is 0.480. The van der Waals surface area contributed by atoms with Crippen LogP contribution in [0.4, 0.5) is 0 Å². The lowest BCUT2D eigenvalue weighted by molar-refractivity contribution is -0.137. The zero-order valence-electron chi connectivity index (χ0n) is 6.84. The van der Waals surface area contributed by atoms with Crippen LogP contribution >= 0.6 is 11.8 Å². The Morgan fingerprint density at radius 3 is 3.09 bits per heavy atom. The van der Waals surface area contributed by atoms with Gasteiger partial charge in [-0.05, 0) is 12.2 Å². The van der Waals surface area contributed by atoms with Gasteiger partial charge in [0.15, 0.2) is 0 Å². The molecule has 0 saturated carbocycles. The predicted octanol–water partition coefficient (Wildman–Crippen LogP) is 1.84. The van der Waals surface area contributed by atoms with Gasteiger partial charge < -0.3 is 4.74 Å². The molecule has 1 rings (SSSR count). The van der Waals surface area contributed by atoms with Crippen LogP contribution in [-0.4, -0.2) is 23.6 Å². The molecular weight excluding hydrogens is 160 g/mol. The minimum absolute atomic E-state index is 0.00824. The van der Waals surface area contributed by atoms with Gasteiger partial charge in [-0.15, -0.1) is 11.8 Å². The Morgan fingerprint density at radius 1 is 1.73 bits per heavy atom. The lowest BCUT2D eigenvalue weighted by atomic mass is 10.4. The van der Waals surface area contributed by atoms with Crippen LogP contribution in [0.2, 0.25) is 0 Å². The van der Waals surface area contributed by atoms with Crippen LogP contribution in [0, 0.1) is 0 Å². The van der Waals surface area contributed by atoms with Gasteiger partial charge in [-0.3, -0.25) is 4.79 Å². The fourth-order valence-corrected chi connectivity index (χ4v) is 2.21. The van der Waals surface area contributed by atoms with E-state index < -0.39 is 0 Å². The van der Waals surface area contributed by atoms with E-state index in [2.05, 4.69) is 6.92 Å². The molecule has 0 aromatic carbocycles. The lowest BCUT2D eigenvalue weighted by Crippen LogP contribution is -2.09. The molecule has 0 N–H and O–H groups in total. The average molecular weight is 174 g/mol. The molecule has 1 aliphatic heterocycles. The zero-order chi connectivity index (χ0) is 8.10. The summed E-state index contributed by atoms with van der Waals surface area (Å²) in [6.45, 7) is 2.79. The zero-order valence-corrected chi connectivity index (χ0v) is 7.65. The van der Waals surface area contributed by atoms with Gasteiger partial charge in [0.1, 0.15) is 5.25 Å². The number of carbonyl (C=O) groups excluding carboxylic acids is 1. The number of hydrogen-bond donors (Lipinski definition) is 0. The first-order chi connectivity index (χ1) is 5.34. The van der Waals surface area contributed by atoms with Crippen molar-refractivity contribution in [1.29, 1.82) is 0 Å². The van der Waals surface area contributed by atoms with Crippen molar-refractivity contribution in [3.05, 3.63) is 0 Å². The molecule has 0 radical (unpaired) electrons. The Morgan fingerprint density at radius 2 is 2.55 bits per heavy atom. The average Bonchev–Trinajstić information content (AvgIpc) is 2.37. The Balaban J connectivity index is 2.10. The molecule has 0 aromatic heterocycles. The molecule has 0 bridgehead atoms. The molecule has 11 heavy (non-hydrogen) atoms. The molecule has 1 fully saturated rings. The van der Waals surface area contributed by atoms with Crippen LogP contribution in [0.15, 0.2) is 0 Å². The summed E-state index contributed by atoms with van der Waals surface area (Å²) in [5, 5.41) is 0.140. The fourth-order valence-electron chi connectivity index (χ4n) is 0.999. The van der Waals surface area contributed by atoms with Gasteiger partial charge in [-0.1, -0.05) is 13.3 Å². The van der Waals surface area contributed by atoms with Gasteiger partial charge in [0.2, 0.25) is 0 Å². The van der Waals surface area contributed by atoms with E-state index in [-0.39, 0.29) is 11.2 Å². The Labute approximate surface area is 71.7 Å². The van der Waals surface area contributed by atoms with Gasteiger partial charge >= 0.3 is 5.97 Å². The van der Waals surface area contributed by atoms with Crippen LogP contribution in [0.1, 0.15) is 26.2 Å². The summed E-state index contributed by atoms with van der Waals surface area (Å²) < 4.78 is 4.84. The molecule has 64 valence electrons. The summed E-state index contributed by atoms with van der Waals surface area (Å²) in [5.41, 5.74) is 0. The van der Waals surface area contributed by atoms with E-state index in [1.807, 2.05) is 0 Å². The third-order valence-electron chi connectivity index (χ3n) is 1.70. The van der Waals surface area contributed by atoms with Crippen molar-refractivity contribution in [2.75, 3.05) is 12.4 Å². The van der Waals surface area contributed by atoms with Crippen molar-refractivity contribution in [2.24, 2.45) is 0 Å². The van der Waals surface area contributed by atoms with Crippen LogP contribution in [0.3, 0.4) is 0 Å². The molecule has 3 heteroatoms. The molecule has 0 spiro atoms. The number of rotatable bonds is 4. The second-order valence-corrected chi connectivity index (χ2v) is 3.98. The third kappa shape index (κ3) is 2.73. The highest BCUT2D eigenvalue weighted by Crippen LogP contribution is 2.22. The summed E-state index contributed by atoms with van der Waals surface area (Å²) >= 11 is 1.74. The predicted molar refractivity (Wildman–Crippen MR) is 46.7 cm³/mol. The summed E-state index contributed by atoms with van der Waals surface area (Å²) in [7, 11) is 0. The highest BCUT2D eigenvalue weighted by atomic mass is 32.2. The molecule has 1 aliphatic rings. The smallest absolute Gasteiger partial charge is 0.319 e. The van der Waals surface area contributed by atoms with Crippen LogP contribution < -0.4 is 0 Å². The molecule has 1 saturated heterocycles. The van der Waals surface area contributed by atoms with E-state index in [4.69, 9.17) is 4.74 Å². The number of esters is 1. The van der Waals surface area contributed by atoms with Crippen LogP contribution in [0.25, 0.3) is 0 Å². The maximum atomic E-state index is 10.9. The largest absolute Gasteiger partial charge is 0.465 e. The van der Waals surface area contributed by atoms with E-state index >= 15 is 0 Å². The van der Waals surface area contributed by atoms with Crippen molar-refractivity contribution in [1.82, 2.24) is 0 Å². The monoisotopic (exact) mass is 174 g/mol. The van der Waals surface area contributed by atoms with E-state index in [1.165, 1.54) is 12.8 Å². The Hall–Kier alpha value is -0.180. The number of unbranched alkanes of at least 4 members (excludes halogenated alkanes) is 1. The molecule has 0 amide bonds. The van der Waals surface area contributed by atoms with E-state index in [0.29, 0.717) is 6.61 Å². The lowest BCUT2D eigenvalue weighted by Gasteiger charge is -2.02. The van der Waals surface area contributed by atoms with Crippen molar-refractivity contribution in [2.45, 2.75) is 31.4 Å². The summed E-state index contributed by atoms with van der Waals surface area (Å²) in [6.07, 6.45) is 3.32. The number of cyclic esters (lactones) is 1. The summed E-state index contributed by atoms with van der Waals surface area (Å²) in [5.74, 6) is 1.09.